The summed E-state index contributed by atoms with van der Waals surface area (Å²) < 4.78 is 1.80. The fourth-order valence-electron chi connectivity index (χ4n) is 2.29. The number of anilines is 1. The molecule has 0 aliphatic heterocycles. The average Bonchev–Trinajstić information content (AvgIpc) is 2.66. The number of rotatable bonds is 4. The Kier molecular flexibility index (Phi) is 4.12. The van der Waals surface area contributed by atoms with Gasteiger partial charge in [-0.05, 0) is 24.6 Å². The van der Waals surface area contributed by atoms with Crippen LogP contribution in [0.2, 0.25) is 5.02 Å². The van der Waals surface area contributed by atoms with E-state index in [4.69, 9.17) is 11.6 Å². The minimum absolute atomic E-state index is 0.0000352. The summed E-state index contributed by atoms with van der Waals surface area (Å²) in [5, 5.41) is 14.6. The van der Waals surface area contributed by atoms with Gasteiger partial charge in [-0.3, -0.25) is 4.68 Å². The van der Waals surface area contributed by atoms with Crippen molar-refractivity contribution < 1.29 is 5.11 Å². The van der Waals surface area contributed by atoms with Crippen LogP contribution < -0.4 is 4.90 Å². The molecule has 1 heterocycles. The van der Waals surface area contributed by atoms with Crippen molar-refractivity contribution in [3.63, 3.8) is 0 Å². The van der Waals surface area contributed by atoms with Crippen molar-refractivity contribution >= 4 is 17.4 Å². The van der Waals surface area contributed by atoms with E-state index in [2.05, 4.69) is 10.00 Å². The van der Waals surface area contributed by atoms with Gasteiger partial charge in [0, 0.05) is 31.2 Å². The van der Waals surface area contributed by atoms with E-state index in [0.29, 0.717) is 0 Å². The van der Waals surface area contributed by atoms with Crippen molar-refractivity contribution in [1.82, 2.24) is 9.78 Å². The fraction of sp³-hybridized carbons (Fsp3) is 0.357. The van der Waals surface area contributed by atoms with Gasteiger partial charge in [-0.1, -0.05) is 23.7 Å². The van der Waals surface area contributed by atoms with E-state index in [1.807, 2.05) is 45.3 Å². The number of aliphatic hydroxyl groups excluding tert-OH is 1. The van der Waals surface area contributed by atoms with Gasteiger partial charge >= 0.3 is 0 Å². The van der Waals surface area contributed by atoms with Crippen molar-refractivity contribution in [3.05, 3.63) is 46.1 Å². The normalized spacial score (nSPS) is 10.8. The van der Waals surface area contributed by atoms with Crippen LogP contribution in [0.4, 0.5) is 5.82 Å². The van der Waals surface area contributed by atoms with Gasteiger partial charge in [-0.25, -0.2) is 0 Å². The summed E-state index contributed by atoms with van der Waals surface area (Å²) in [5.41, 5.74) is 2.90. The summed E-state index contributed by atoms with van der Waals surface area (Å²) in [6.45, 7) is 2.65. The smallest absolute Gasteiger partial charge is 0.132 e. The van der Waals surface area contributed by atoms with Crippen LogP contribution in [0.15, 0.2) is 24.3 Å². The van der Waals surface area contributed by atoms with Crippen LogP contribution in [0.1, 0.15) is 16.8 Å². The van der Waals surface area contributed by atoms with Crippen LogP contribution in [0.25, 0.3) is 0 Å². The maximum absolute atomic E-state index is 9.47. The molecule has 19 heavy (non-hydrogen) atoms. The molecule has 0 atom stereocenters. The third kappa shape index (κ3) is 2.91. The summed E-state index contributed by atoms with van der Waals surface area (Å²) in [5.74, 6) is 0.940. The molecule has 5 heteroatoms. The molecule has 1 aromatic carbocycles. The molecule has 0 saturated carbocycles. The second-order valence-corrected chi connectivity index (χ2v) is 5.09. The Morgan fingerprint density at radius 2 is 1.95 bits per heavy atom. The van der Waals surface area contributed by atoms with Gasteiger partial charge in [-0.2, -0.15) is 5.10 Å². The quantitative estimate of drug-likeness (QED) is 0.935. The second-order valence-electron chi connectivity index (χ2n) is 4.65. The molecule has 0 bridgehead atoms. The highest BCUT2D eigenvalue weighted by Gasteiger charge is 2.16. The lowest BCUT2D eigenvalue weighted by molar-refractivity contribution is 0.281. The molecule has 0 fully saturated rings. The highest BCUT2D eigenvalue weighted by molar-refractivity contribution is 6.30. The number of benzene rings is 1. The van der Waals surface area contributed by atoms with Crippen LogP contribution in [0.3, 0.4) is 0 Å². The zero-order valence-corrected chi connectivity index (χ0v) is 12.1. The Labute approximate surface area is 118 Å². The highest BCUT2D eigenvalue weighted by Crippen LogP contribution is 2.23. The first kappa shape index (κ1) is 13.9. The van der Waals surface area contributed by atoms with E-state index in [1.165, 1.54) is 0 Å². The zero-order valence-electron chi connectivity index (χ0n) is 11.4. The number of hydrogen-bond donors (Lipinski definition) is 1. The molecule has 4 nitrogen and oxygen atoms in total. The monoisotopic (exact) mass is 279 g/mol. The van der Waals surface area contributed by atoms with Gasteiger partial charge in [0.15, 0.2) is 0 Å². The molecule has 0 saturated heterocycles. The summed E-state index contributed by atoms with van der Waals surface area (Å²) in [4.78, 5) is 2.08. The van der Waals surface area contributed by atoms with Crippen LogP contribution in [0, 0.1) is 6.92 Å². The number of aliphatic hydroxyl groups is 1. The Balaban J connectivity index is 2.24. The van der Waals surface area contributed by atoms with E-state index in [1.54, 1.807) is 4.68 Å². The summed E-state index contributed by atoms with van der Waals surface area (Å²) in [6, 6.07) is 7.76. The predicted octanol–water partition coefficient (Wildman–Crippen LogP) is 2.51. The number of halogens is 1. The van der Waals surface area contributed by atoms with Crippen LogP contribution >= 0.6 is 11.6 Å². The Morgan fingerprint density at radius 3 is 2.53 bits per heavy atom. The van der Waals surface area contributed by atoms with Gasteiger partial charge < -0.3 is 10.0 Å². The van der Waals surface area contributed by atoms with E-state index < -0.39 is 0 Å². The van der Waals surface area contributed by atoms with Crippen molar-refractivity contribution in [1.29, 1.82) is 0 Å². The van der Waals surface area contributed by atoms with Gasteiger partial charge in [0.05, 0.1) is 12.3 Å². The molecule has 0 aliphatic carbocycles. The minimum Gasteiger partial charge on any atom is -0.391 e. The summed E-state index contributed by atoms with van der Waals surface area (Å²) in [7, 11) is 3.88. The largest absolute Gasteiger partial charge is 0.391 e. The first-order valence-corrected chi connectivity index (χ1v) is 6.49. The van der Waals surface area contributed by atoms with Crippen molar-refractivity contribution in [2.75, 3.05) is 11.9 Å². The Bertz CT molecular complexity index is 563. The van der Waals surface area contributed by atoms with Crippen LogP contribution in [0.5, 0.6) is 0 Å². The molecular formula is C14H18ClN3O. The lowest BCUT2D eigenvalue weighted by Crippen LogP contribution is -2.20. The lowest BCUT2D eigenvalue weighted by atomic mass is 10.2. The molecule has 0 aliphatic rings. The Morgan fingerprint density at radius 1 is 1.32 bits per heavy atom. The third-order valence-electron chi connectivity index (χ3n) is 3.17. The number of nitrogens with zero attached hydrogens (tertiary/aromatic N) is 3. The number of aromatic nitrogens is 2. The summed E-state index contributed by atoms with van der Waals surface area (Å²) in [6.07, 6.45) is 0. The minimum atomic E-state index is -0.0000352. The molecular weight excluding hydrogens is 262 g/mol. The number of aryl methyl sites for hydroxylation is 2. The van der Waals surface area contributed by atoms with E-state index in [0.717, 1.165) is 34.2 Å². The topological polar surface area (TPSA) is 41.3 Å². The molecule has 2 rings (SSSR count). The maximum atomic E-state index is 9.47. The van der Waals surface area contributed by atoms with Gasteiger partial charge in [0.1, 0.15) is 5.82 Å². The zero-order chi connectivity index (χ0) is 14.0. The molecule has 1 aromatic heterocycles. The molecule has 1 N–H and O–H groups in total. The van der Waals surface area contributed by atoms with Gasteiger partial charge in [0.2, 0.25) is 0 Å². The molecule has 102 valence electrons. The van der Waals surface area contributed by atoms with Crippen molar-refractivity contribution in [3.8, 4) is 0 Å². The predicted molar refractivity (Wildman–Crippen MR) is 77.4 cm³/mol. The van der Waals surface area contributed by atoms with Gasteiger partial charge in [0.25, 0.3) is 0 Å². The molecule has 2 aromatic rings. The maximum Gasteiger partial charge on any atom is 0.132 e. The highest BCUT2D eigenvalue weighted by atomic mass is 35.5. The fourth-order valence-corrected chi connectivity index (χ4v) is 2.42. The molecule has 0 amide bonds. The van der Waals surface area contributed by atoms with Crippen LogP contribution in [-0.4, -0.2) is 21.9 Å². The standard InChI is InChI=1S/C14H18ClN3O/c1-10-13(9-19)14(18(3)16-10)17(2)8-11-4-6-12(15)7-5-11/h4-7,19H,8-9H2,1-3H3. The third-order valence-corrected chi connectivity index (χ3v) is 3.42. The first-order valence-electron chi connectivity index (χ1n) is 6.12. The SMILES string of the molecule is Cc1nn(C)c(N(C)Cc2ccc(Cl)cc2)c1CO. The Hall–Kier alpha value is -1.52. The van der Waals surface area contributed by atoms with E-state index in [9.17, 15) is 5.11 Å². The second kappa shape index (κ2) is 5.63. The molecule has 0 spiro atoms. The van der Waals surface area contributed by atoms with E-state index in [-0.39, 0.29) is 6.61 Å². The van der Waals surface area contributed by atoms with Crippen molar-refractivity contribution in [2.45, 2.75) is 20.1 Å². The lowest BCUT2D eigenvalue weighted by Gasteiger charge is -2.20. The van der Waals surface area contributed by atoms with Crippen molar-refractivity contribution in [2.24, 2.45) is 7.05 Å². The molecule has 0 unspecified atom stereocenters. The van der Waals surface area contributed by atoms with Gasteiger partial charge in [-0.15, -0.1) is 0 Å². The number of hydrogen-bond acceptors (Lipinski definition) is 3. The first-order chi connectivity index (χ1) is 9.02. The average molecular weight is 280 g/mol. The van der Waals surface area contributed by atoms with Crippen LogP contribution in [-0.2, 0) is 20.2 Å². The summed E-state index contributed by atoms with van der Waals surface area (Å²) >= 11 is 5.88. The molecule has 0 radical (unpaired) electrons. The van der Waals surface area contributed by atoms with E-state index >= 15 is 0 Å².